The van der Waals surface area contributed by atoms with Crippen LogP contribution in [0.3, 0.4) is 0 Å². The van der Waals surface area contributed by atoms with Crippen LogP contribution in [0.15, 0.2) is 60.8 Å². The molecule has 0 spiro atoms. The number of hydrogen-bond donors (Lipinski definition) is 3. The van der Waals surface area contributed by atoms with Gasteiger partial charge < -0.3 is 20.6 Å². The summed E-state index contributed by atoms with van der Waals surface area (Å²) in [5, 5.41) is 13.2. The number of carbonyl (C=O) groups is 1. The highest BCUT2D eigenvalue weighted by molar-refractivity contribution is 5.81. The fraction of sp³-hybridized carbons (Fsp3) is 0.353. The summed E-state index contributed by atoms with van der Waals surface area (Å²) in [4.78, 5) is 19.8. The number of hydrazine groups is 1. The molecule has 3 aromatic carbocycles. The third-order valence-electron chi connectivity index (χ3n) is 9.39. The van der Waals surface area contributed by atoms with Gasteiger partial charge in [0.2, 0.25) is 0 Å². The molecule has 1 fully saturated rings. The Hall–Kier alpha value is -4.14. The minimum Gasteiger partial charge on any atom is -0.492 e. The number of nitrogens with zero attached hydrogens (tertiary/aromatic N) is 3. The average Bonchev–Trinajstić information content (AvgIpc) is 3.13. The molecule has 0 radical (unpaired) electrons. The molecule has 2 aliphatic rings. The zero-order valence-corrected chi connectivity index (χ0v) is 24.6. The lowest BCUT2D eigenvalue weighted by Gasteiger charge is -2.45. The van der Waals surface area contributed by atoms with Gasteiger partial charge in [0, 0.05) is 49.7 Å². The minimum atomic E-state index is -0.872. The summed E-state index contributed by atoms with van der Waals surface area (Å²) >= 11 is 0. The van der Waals surface area contributed by atoms with E-state index in [1.807, 2.05) is 31.3 Å². The van der Waals surface area contributed by atoms with Crippen LogP contribution in [0.4, 0.5) is 11.4 Å². The van der Waals surface area contributed by atoms with Crippen LogP contribution in [0, 0.1) is 19.3 Å². The monoisotopic (exact) mass is 565 g/mol. The molecule has 8 nitrogen and oxygen atoms in total. The number of rotatable bonds is 7. The van der Waals surface area contributed by atoms with Gasteiger partial charge in [-0.2, -0.15) is 0 Å². The number of carboxylic acid groups (broad SMARTS) is 1. The Bertz CT molecular complexity index is 1660. The second-order valence-electron chi connectivity index (χ2n) is 12.0. The molecule has 1 aromatic heterocycles. The second kappa shape index (κ2) is 10.9. The van der Waals surface area contributed by atoms with Gasteiger partial charge in [0.05, 0.1) is 22.3 Å². The van der Waals surface area contributed by atoms with E-state index >= 15 is 0 Å². The largest absolute Gasteiger partial charge is 0.492 e. The normalized spacial score (nSPS) is 17.0. The summed E-state index contributed by atoms with van der Waals surface area (Å²) in [6.45, 7) is 6.96. The molecular weight excluding hydrogens is 526 g/mol. The maximum absolute atomic E-state index is 12.9. The zero-order chi connectivity index (χ0) is 29.6. The van der Waals surface area contributed by atoms with Crippen molar-refractivity contribution in [1.29, 1.82) is 0 Å². The van der Waals surface area contributed by atoms with Crippen LogP contribution in [-0.2, 0) is 17.9 Å². The van der Waals surface area contributed by atoms with E-state index in [1.54, 1.807) is 7.05 Å². The van der Waals surface area contributed by atoms with Gasteiger partial charge in [0.25, 0.3) is 0 Å². The van der Waals surface area contributed by atoms with E-state index in [0.717, 1.165) is 70.6 Å². The molecule has 0 bridgehead atoms. The van der Waals surface area contributed by atoms with Crippen molar-refractivity contribution in [3.05, 3.63) is 94.2 Å². The SMILES string of the molecule is Cc1ccc(C(c2ccc(N(C)N)c(N)c2C)C2(C(=O)O)CCC2)cc1CN1CCOc2cc3cccnc3cc2C1. The second-order valence-corrected chi connectivity index (χ2v) is 12.0. The van der Waals surface area contributed by atoms with E-state index in [4.69, 9.17) is 16.3 Å². The molecule has 1 saturated carbocycles. The first-order valence-electron chi connectivity index (χ1n) is 14.6. The molecule has 4 aromatic rings. The summed E-state index contributed by atoms with van der Waals surface area (Å²) in [5.74, 6) is 5.87. The number of nitrogen functional groups attached to an aromatic ring is 1. The van der Waals surface area contributed by atoms with Gasteiger partial charge in [0.15, 0.2) is 0 Å². The van der Waals surface area contributed by atoms with Crippen LogP contribution in [0.1, 0.15) is 58.6 Å². The number of ether oxygens (including phenoxy) is 1. The number of anilines is 2. The number of aryl methyl sites for hydroxylation is 1. The van der Waals surface area contributed by atoms with Crippen LogP contribution in [0.2, 0.25) is 0 Å². The van der Waals surface area contributed by atoms with Gasteiger partial charge in [-0.1, -0.05) is 36.8 Å². The van der Waals surface area contributed by atoms with Crippen LogP contribution in [0.5, 0.6) is 5.75 Å². The molecule has 218 valence electrons. The molecular formula is C34H39N5O3. The van der Waals surface area contributed by atoms with Crippen LogP contribution in [-0.4, -0.2) is 41.2 Å². The molecule has 1 unspecified atom stereocenters. The molecule has 1 aliphatic heterocycles. The molecule has 0 amide bonds. The van der Waals surface area contributed by atoms with E-state index in [-0.39, 0.29) is 5.92 Å². The fourth-order valence-electron chi connectivity index (χ4n) is 6.75. The number of benzene rings is 3. The Morgan fingerprint density at radius 1 is 1.17 bits per heavy atom. The number of carboxylic acids is 1. The third kappa shape index (κ3) is 4.84. The summed E-state index contributed by atoms with van der Waals surface area (Å²) in [6, 6.07) is 18.6. The summed E-state index contributed by atoms with van der Waals surface area (Å²) in [7, 11) is 1.75. The Balaban J connectivity index is 1.37. The lowest BCUT2D eigenvalue weighted by atomic mass is 9.57. The number of aliphatic carboxylic acids is 1. The number of nitrogens with two attached hydrogens (primary N) is 2. The van der Waals surface area contributed by atoms with Gasteiger partial charge >= 0.3 is 5.97 Å². The number of fused-ring (bicyclic) bond motifs is 2. The molecule has 1 atom stereocenters. The highest BCUT2D eigenvalue weighted by Gasteiger charge is 2.52. The van der Waals surface area contributed by atoms with Gasteiger partial charge in [-0.25, -0.2) is 5.84 Å². The Kier molecular flexibility index (Phi) is 7.29. The Labute approximate surface area is 246 Å². The molecule has 8 heteroatoms. The topological polar surface area (TPSA) is 118 Å². The molecule has 5 N–H and O–H groups in total. The molecule has 2 heterocycles. The maximum Gasteiger partial charge on any atom is 0.310 e. The standard InChI is InChI=1S/C34H39N5O3/c1-21-7-8-24(31(34(33(40)41)11-5-12-34)27-9-10-29(38(3)36)32(35)22(27)2)16-25(21)19-39-14-15-42-30-18-23-6-4-13-37-28(23)17-26(30)20-39/h4,6-10,13,16-18,31H,5,11-12,14-15,19-20,35-36H2,1-3H3,(H,40,41). The van der Waals surface area contributed by atoms with E-state index in [1.165, 1.54) is 16.1 Å². The maximum atomic E-state index is 12.9. The Morgan fingerprint density at radius 2 is 1.98 bits per heavy atom. The van der Waals surface area contributed by atoms with E-state index in [9.17, 15) is 9.90 Å². The van der Waals surface area contributed by atoms with Crippen molar-refractivity contribution in [2.75, 3.05) is 30.9 Å². The van der Waals surface area contributed by atoms with Crippen molar-refractivity contribution >= 4 is 28.2 Å². The fourth-order valence-corrected chi connectivity index (χ4v) is 6.75. The van der Waals surface area contributed by atoms with Crippen LogP contribution >= 0.6 is 0 Å². The number of hydrogen-bond acceptors (Lipinski definition) is 7. The van der Waals surface area contributed by atoms with Crippen molar-refractivity contribution in [2.45, 2.75) is 52.1 Å². The zero-order valence-electron chi connectivity index (χ0n) is 24.6. The smallest absolute Gasteiger partial charge is 0.310 e. The highest BCUT2D eigenvalue weighted by Crippen LogP contribution is 2.56. The summed E-state index contributed by atoms with van der Waals surface area (Å²) < 4.78 is 6.16. The van der Waals surface area contributed by atoms with Crippen molar-refractivity contribution in [1.82, 2.24) is 9.88 Å². The van der Waals surface area contributed by atoms with E-state index in [2.05, 4.69) is 53.2 Å². The van der Waals surface area contributed by atoms with E-state index < -0.39 is 11.4 Å². The lowest BCUT2D eigenvalue weighted by molar-refractivity contribution is -0.155. The van der Waals surface area contributed by atoms with Crippen molar-refractivity contribution < 1.29 is 14.6 Å². The van der Waals surface area contributed by atoms with Crippen molar-refractivity contribution in [3.63, 3.8) is 0 Å². The highest BCUT2D eigenvalue weighted by atomic mass is 16.5. The quantitative estimate of drug-likeness (QED) is 0.152. The van der Waals surface area contributed by atoms with Crippen LogP contribution < -0.4 is 21.3 Å². The number of aromatic nitrogens is 1. The van der Waals surface area contributed by atoms with Gasteiger partial charge in [-0.15, -0.1) is 0 Å². The lowest BCUT2D eigenvalue weighted by Crippen LogP contribution is -2.44. The summed E-state index contributed by atoms with van der Waals surface area (Å²) in [5.41, 5.74) is 14.3. The number of pyridine rings is 1. The summed E-state index contributed by atoms with van der Waals surface area (Å²) in [6.07, 6.45) is 3.99. The van der Waals surface area contributed by atoms with E-state index in [0.29, 0.717) is 25.1 Å². The predicted octanol–water partition coefficient (Wildman–Crippen LogP) is 5.53. The predicted molar refractivity (Wildman–Crippen MR) is 166 cm³/mol. The third-order valence-corrected chi connectivity index (χ3v) is 9.39. The molecule has 0 saturated heterocycles. The van der Waals surface area contributed by atoms with Gasteiger partial charge in [-0.3, -0.25) is 14.7 Å². The van der Waals surface area contributed by atoms with Crippen molar-refractivity contribution in [3.8, 4) is 5.75 Å². The van der Waals surface area contributed by atoms with Gasteiger partial charge in [0.1, 0.15) is 12.4 Å². The molecule has 1 aliphatic carbocycles. The first kappa shape index (κ1) is 28.0. The molecule has 6 rings (SSSR count). The minimum absolute atomic E-state index is 0.326. The van der Waals surface area contributed by atoms with Crippen LogP contribution in [0.25, 0.3) is 10.9 Å². The molecule has 42 heavy (non-hydrogen) atoms. The first-order valence-corrected chi connectivity index (χ1v) is 14.6. The van der Waals surface area contributed by atoms with Gasteiger partial charge in [-0.05, 0) is 78.8 Å². The Morgan fingerprint density at radius 3 is 2.69 bits per heavy atom. The van der Waals surface area contributed by atoms with Crippen molar-refractivity contribution in [2.24, 2.45) is 11.3 Å². The average molecular weight is 566 g/mol. The first-order chi connectivity index (χ1) is 20.2.